The third-order valence-electron chi connectivity index (χ3n) is 6.75. The van der Waals surface area contributed by atoms with Crippen molar-refractivity contribution in [3.05, 3.63) is 0 Å². The van der Waals surface area contributed by atoms with Crippen LogP contribution < -0.4 is 0 Å². The Morgan fingerprint density at radius 3 is 1.63 bits per heavy atom. The van der Waals surface area contributed by atoms with Crippen molar-refractivity contribution in [2.45, 2.75) is 146 Å². The van der Waals surface area contributed by atoms with E-state index >= 15 is 0 Å². The zero-order chi connectivity index (χ0) is 25.7. The van der Waals surface area contributed by atoms with Crippen molar-refractivity contribution in [2.75, 3.05) is 26.4 Å². The Kier molecular flexibility index (Phi) is 20.3. The molecular weight excluding hydrogens is 452 g/mol. The van der Waals surface area contributed by atoms with Crippen LogP contribution in [-0.4, -0.2) is 88.8 Å². The second kappa shape index (κ2) is 21.7. The van der Waals surface area contributed by atoms with Crippen LogP contribution in [0.25, 0.3) is 0 Å². The van der Waals surface area contributed by atoms with E-state index in [2.05, 4.69) is 6.92 Å². The molecule has 0 saturated carbocycles. The van der Waals surface area contributed by atoms with Crippen LogP contribution in [0.4, 0.5) is 0 Å². The summed E-state index contributed by atoms with van der Waals surface area (Å²) in [4.78, 5) is 0. The first-order valence-corrected chi connectivity index (χ1v) is 14.2. The van der Waals surface area contributed by atoms with E-state index < -0.39 is 43.4 Å². The van der Waals surface area contributed by atoms with Gasteiger partial charge >= 0.3 is 0 Å². The summed E-state index contributed by atoms with van der Waals surface area (Å²) in [5.74, 6) is 0. The van der Waals surface area contributed by atoms with Gasteiger partial charge in [-0.1, -0.05) is 103 Å². The molecule has 6 atom stereocenters. The van der Waals surface area contributed by atoms with Crippen LogP contribution in [0.2, 0.25) is 0 Å². The van der Waals surface area contributed by atoms with Crippen LogP contribution in [0.1, 0.15) is 110 Å². The second-order valence-corrected chi connectivity index (χ2v) is 10.1. The molecule has 210 valence electrons. The van der Waals surface area contributed by atoms with Crippen LogP contribution in [0, 0.1) is 0 Å². The highest BCUT2D eigenvalue weighted by Gasteiger charge is 2.44. The third kappa shape index (κ3) is 15.5. The molecule has 1 saturated heterocycles. The van der Waals surface area contributed by atoms with E-state index in [4.69, 9.17) is 14.2 Å². The van der Waals surface area contributed by atoms with Crippen molar-refractivity contribution in [3.63, 3.8) is 0 Å². The summed E-state index contributed by atoms with van der Waals surface area (Å²) in [5.41, 5.74) is 0. The highest BCUT2D eigenvalue weighted by molar-refractivity contribution is 4.88. The summed E-state index contributed by atoms with van der Waals surface area (Å²) in [6, 6.07) is 0. The fourth-order valence-corrected chi connectivity index (χ4v) is 4.43. The first-order chi connectivity index (χ1) is 17.0. The van der Waals surface area contributed by atoms with Crippen molar-refractivity contribution in [3.8, 4) is 0 Å². The van der Waals surface area contributed by atoms with Gasteiger partial charge in [0.2, 0.25) is 0 Å². The molecule has 0 radical (unpaired) electrons. The number of ether oxygens (including phenoxy) is 3. The number of hydrogen-bond donors (Lipinski definition) is 5. The first-order valence-electron chi connectivity index (χ1n) is 14.2. The second-order valence-electron chi connectivity index (χ2n) is 10.1. The van der Waals surface area contributed by atoms with E-state index in [0.717, 1.165) is 12.8 Å². The fourth-order valence-electron chi connectivity index (χ4n) is 4.43. The number of aliphatic hydroxyl groups excluding tert-OH is 5. The molecule has 0 aromatic carbocycles. The largest absolute Gasteiger partial charge is 0.394 e. The summed E-state index contributed by atoms with van der Waals surface area (Å²) in [5, 5.41) is 48.6. The minimum Gasteiger partial charge on any atom is -0.394 e. The SMILES string of the molecule is CCCCCCCCCCCCCCCCCCOCC(O)CO[C@@H]1O[C@H](CO)[C@H](O)[C@H](O)[C@H]1O. The zero-order valence-corrected chi connectivity index (χ0v) is 22.1. The number of hydrogen-bond acceptors (Lipinski definition) is 8. The molecule has 0 bridgehead atoms. The van der Waals surface area contributed by atoms with E-state index in [1.165, 1.54) is 89.9 Å². The Balaban J connectivity index is 1.86. The summed E-state index contributed by atoms with van der Waals surface area (Å²) in [7, 11) is 0. The summed E-state index contributed by atoms with van der Waals surface area (Å²) >= 11 is 0. The maximum Gasteiger partial charge on any atom is 0.186 e. The van der Waals surface area contributed by atoms with Gasteiger partial charge in [0.1, 0.15) is 30.5 Å². The van der Waals surface area contributed by atoms with Gasteiger partial charge in [0.25, 0.3) is 0 Å². The van der Waals surface area contributed by atoms with E-state index in [0.29, 0.717) is 6.61 Å². The van der Waals surface area contributed by atoms with Crippen LogP contribution in [-0.2, 0) is 14.2 Å². The summed E-state index contributed by atoms with van der Waals surface area (Å²) in [6.45, 7) is 2.28. The Hall–Kier alpha value is -0.320. The van der Waals surface area contributed by atoms with Crippen molar-refractivity contribution < 1.29 is 39.7 Å². The lowest BCUT2D eigenvalue weighted by atomic mass is 9.99. The molecular formula is C27H54O8. The average Bonchev–Trinajstić information content (AvgIpc) is 2.86. The Bertz CT molecular complexity index is 464. The molecule has 0 aliphatic carbocycles. The van der Waals surface area contributed by atoms with Gasteiger partial charge in [0, 0.05) is 6.61 Å². The molecule has 1 rings (SSSR count). The van der Waals surface area contributed by atoms with Gasteiger partial charge in [-0.15, -0.1) is 0 Å². The Labute approximate surface area is 213 Å². The molecule has 1 aliphatic heterocycles. The van der Waals surface area contributed by atoms with Gasteiger partial charge in [-0.25, -0.2) is 0 Å². The molecule has 5 N–H and O–H groups in total. The smallest absolute Gasteiger partial charge is 0.186 e. The van der Waals surface area contributed by atoms with Crippen LogP contribution in [0.15, 0.2) is 0 Å². The molecule has 0 aromatic heterocycles. The standard InChI is InChI=1S/C27H54O8/c1-2-3-4-5-6-7-8-9-10-11-12-13-14-15-16-17-18-33-20-22(29)21-34-27-26(32)25(31)24(30)23(19-28)35-27/h22-32H,2-21H2,1H3/t22?,23-,24+,25+,26-,27-/m1/s1. The first kappa shape index (κ1) is 32.7. The van der Waals surface area contributed by atoms with Crippen LogP contribution in [0.3, 0.4) is 0 Å². The monoisotopic (exact) mass is 506 g/mol. The van der Waals surface area contributed by atoms with Gasteiger partial charge < -0.3 is 39.7 Å². The van der Waals surface area contributed by atoms with E-state index in [1.807, 2.05) is 0 Å². The highest BCUT2D eigenvalue weighted by Crippen LogP contribution is 2.22. The van der Waals surface area contributed by atoms with E-state index in [9.17, 15) is 25.5 Å². The average molecular weight is 507 g/mol. The molecule has 0 spiro atoms. The van der Waals surface area contributed by atoms with Gasteiger partial charge in [-0.05, 0) is 6.42 Å². The Morgan fingerprint density at radius 1 is 0.657 bits per heavy atom. The normalized spacial score (nSPS) is 25.7. The lowest BCUT2D eigenvalue weighted by Crippen LogP contribution is -2.59. The quantitative estimate of drug-likeness (QED) is 0.133. The van der Waals surface area contributed by atoms with E-state index in [1.54, 1.807) is 0 Å². The molecule has 1 fully saturated rings. The summed E-state index contributed by atoms with van der Waals surface area (Å²) < 4.78 is 16.0. The maximum atomic E-state index is 9.99. The molecule has 8 nitrogen and oxygen atoms in total. The van der Waals surface area contributed by atoms with Crippen molar-refractivity contribution in [1.82, 2.24) is 0 Å². The maximum absolute atomic E-state index is 9.99. The molecule has 35 heavy (non-hydrogen) atoms. The molecule has 0 aromatic rings. The molecule has 8 heteroatoms. The predicted molar refractivity (Wildman–Crippen MR) is 136 cm³/mol. The molecule has 1 aliphatic rings. The summed E-state index contributed by atoms with van der Waals surface area (Å²) in [6.07, 6.45) is 13.6. The lowest BCUT2D eigenvalue weighted by molar-refractivity contribution is -0.305. The van der Waals surface area contributed by atoms with Gasteiger partial charge in [-0.2, -0.15) is 0 Å². The van der Waals surface area contributed by atoms with Gasteiger partial charge in [0.15, 0.2) is 6.29 Å². The zero-order valence-electron chi connectivity index (χ0n) is 22.1. The lowest BCUT2D eigenvalue weighted by Gasteiger charge is -2.39. The van der Waals surface area contributed by atoms with Crippen molar-refractivity contribution in [1.29, 1.82) is 0 Å². The molecule has 1 heterocycles. The van der Waals surface area contributed by atoms with Crippen molar-refractivity contribution >= 4 is 0 Å². The topological polar surface area (TPSA) is 129 Å². The third-order valence-corrected chi connectivity index (χ3v) is 6.75. The minimum atomic E-state index is -1.49. The van der Waals surface area contributed by atoms with Gasteiger partial charge in [0.05, 0.1) is 19.8 Å². The number of aliphatic hydroxyl groups is 5. The highest BCUT2D eigenvalue weighted by atomic mass is 16.7. The molecule has 1 unspecified atom stereocenters. The number of rotatable bonds is 23. The molecule has 0 amide bonds. The fraction of sp³-hybridized carbons (Fsp3) is 1.00. The Morgan fingerprint density at radius 2 is 1.14 bits per heavy atom. The minimum absolute atomic E-state index is 0.107. The van der Waals surface area contributed by atoms with E-state index in [-0.39, 0.29) is 13.2 Å². The van der Waals surface area contributed by atoms with Gasteiger partial charge in [-0.3, -0.25) is 0 Å². The predicted octanol–water partition coefficient (Wildman–Crippen LogP) is 3.44. The van der Waals surface area contributed by atoms with Crippen LogP contribution in [0.5, 0.6) is 0 Å². The number of unbranched alkanes of at least 4 members (excludes halogenated alkanes) is 15. The van der Waals surface area contributed by atoms with Crippen LogP contribution >= 0.6 is 0 Å². The van der Waals surface area contributed by atoms with Crippen molar-refractivity contribution in [2.24, 2.45) is 0 Å².